The van der Waals surface area contributed by atoms with E-state index in [1.807, 2.05) is 12.1 Å². The molecule has 1 fully saturated rings. The summed E-state index contributed by atoms with van der Waals surface area (Å²) in [5, 5.41) is 9.01. The van der Waals surface area contributed by atoms with Gasteiger partial charge in [0.25, 0.3) is 0 Å². The Kier molecular flexibility index (Phi) is 1.49. The topological polar surface area (TPSA) is 37.3 Å². The van der Waals surface area contributed by atoms with Crippen LogP contribution in [0.4, 0.5) is 0 Å². The van der Waals surface area contributed by atoms with E-state index < -0.39 is 5.97 Å². The van der Waals surface area contributed by atoms with Crippen LogP contribution in [0.15, 0.2) is 24.3 Å². The van der Waals surface area contributed by atoms with Gasteiger partial charge in [0.1, 0.15) is 0 Å². The predicted octanol–water partition coefficient (Wildman–Crippen LogP) is 2.05. The minimum Gasteiger partial charge on any atom is -0.481 e. The molecule has 0 bridgehead atoms. The fourth-order valence-electron chi connectivity index (χ4n) is 2.90. The third-order valence-electron chi connectivity index (χ3n) is 3.61. The van der Waals surface area contributed by atoms with Gasteiger partial charge in [-0.05, 0) is 29.9 Å². The molecule has 2 aliphatic carbocycles. The number of hydrogen-bond acceptors (Lipinski definition) is 1. The van der Waals surface area contributed by atoms with E-state index in [0.717, 1.165) is 12.8 Å². The van der Waals surface area contributed by atoms with Crippen molar-refractivity contribution in [2.24, 2.45) is 11.8 Å². The van der Waals surface area contributed by atoms with Gasteiger partial charge in [-0.2, -0.15) is 0 Å². The zero-order chi connectivity index (χ0) is 9.71. The first kappa shape index (κ1) is 8.04. The smallest absolute Gasteiger partial charge is 0.307 e. The molecule has 1 N–H and O–H groups in total. The monoisotopic (exact) mass is 188 g/mol. The summed E-state index contributed by atoms with van der Waals surface area (Å²) in [6, 6.07) is 8.27. The number of hydrogen-bond donors (Lipinski definition) is 1. The van der Waals surface area contributed by atoms with Gasteiger partial charge >= 0.3 is 5.97 Å². The number of carbonyl (C=O) groups is 1. The second kappa shape index (κ2) is 2.59. The summed E-state index contributed by atoms with van der Waals surface area (Å²) in [5.74, 6) is 0.0233. The van der Waals surface area contributed by atoms with Gasteiger partial charge in [0.05, 0.1) is 5.92 Å². The van der Waals surface area contributed by atoms with Crippen molar-refractivity contribution in [2.45, 2.75) is 18.8 Å². The maximum Gasteiger partial charge on any atom is 0.307 e. The number of fused-ring (bicyclic) bond motifs is 3. The number of carboxylic acids is 1. The average Bonchev–Trinajstić information content (AvgIpc) is 2.92. The molecule has 3 rings (SSSR count). The molecule has 0 spiro atoms. The lowest BCUT2D eigenvalue weighted by molar-refractivity contribution is -0.138. The molecule has 14 heavy (non-hydrogen) atoms. The molecule has 2 aliphatic rings. The SMILES string of the molecule is O=C(O)C1[C@H]2c3ccccc3CC[C@@H]12. The highest BCUT2D eigenvalue weighted by molar-refractivity contribution is 5.76. The highest BCUT2D eigenvalue weighted by atomic mass is 16.4. The van der Waals surface area contributed by atoms with Crippen LogP contribution < -0.4 is 0 Å². The van der Waals surface area contributed by atoms with E-state index in [2.05, 4.69) is 12.1 Å². The molecular weight excluding hydrogens is 176 g/mol. The van der Waals surface area contributed by atoms with Crippen LogP contribution in [-0.2, 0) is 11.2 Å². The zero-order valence-electron chi connectivity index (χ0n) is 7.81. The number of rotatable bonds is 1. The molecule has 1 aromatic carbocycles. The summed E-state index contributed by atoms with van der Waals surface area (Å²) >= 11 is 0. The number of aryl methyl sites for hydroxylation is 1. The van der Waals surface area contributed by atoms with Crippen LogP contribution in [0.5, 0.6) is 0 Å². The van der Waals surface area contributed by atoms with Crippen molar-refractivity contribution in [3.8, 4) is 0 Å². The van der Waals surface area contributed by atoms with Gasteiger partial charge in [0, 0.05) is 5.92 Å². The lowest BCUT2D eigenvalue weighted by atomic mass is 9.92. The first-order valence-corrected chi connectivity index (χ1v) is 5.09. The van der Waals surface area contributed by atoms with E-state index in [9.17, 15) is 4.79 Å². The van der Waals surface area contributed by atoms with Gasteiger partial charge < -0.3 is 5.11 Å². The summed E-state index contributed by atoms with van der Waals surface area (Å²) in [7, 11) is 0. The van der Waals surface area contributed by atoms with Crippen molar-refractivity contribution in [1.82, 2.24) is 0 Å². The minimum absolute atomic E-state index is 0.0985. The van der Waals surface area contributed by atoms with Gasteiger partial charge in [-0.1, -0.05) is 24.3 Å². The third kappa shape index (κ3) is 0.939. The molecule has 0 aliphatic heterocycles. The molecule has 3 atom stereocenters. The largest absolute Gasteiger partial charge is 0.481 e. The van der Waals surface area contributed by atoms with Crippen LogP contribution >= 0.6 is 0 Å². The quantitative estimate of drug-likeness (QED) is 0.732. The lowest BCUT2D eigenvalue weighted by Gasteiger charge is -2.13. The van der Waals surface area contributed by atoms with E-state index in [-0.39, 0.29) is 5.92 Å². The third-order valence-corrected chi connectivity index (χ3v) is 3.61. The van der Waals surface area contributed by atoms with Gasteiger partial charge in [0.15, 0.2) is 0 Å². The van der Waals surface area contributed by atoms with E-state index in [0.29, 0.717) is 11.8 Å². The molecule has 1 unspecified atom stereocenters. The average molecular weight is 188 g/mol. The van der Waals surface area contributed by atoms with Gasteiger partial charge in [-0.25, -0.2) is 0 Å². The van der Waals surface area contributed by atoms with Crippen LogP contribution in [0, 0.1) is 11.8 Å². The molecule has 0 aromatic heterocycles. The lowest BCUT2D eigenvalue weighted by Crippen LogP contribution is -2.00. The normalized spacial score (nSPS) is 33.0. The summed E-state index contributed by atoms with van der Waals surface area (Å²) in [6.45, 7) is 0. The molecule has 1 saturated carbocycles. The first-order chi connectivity index (χ1) is 6.79. The predicted molar refractivity (Wildman–Crippen MR) is 52.1 cm³/mol. The second-order valence-corrected chi connectivity index (χ2v) is 4.29. The van der Waals surface area contributed by atoms with Gasteiger partial charge in [-0.3, -0.25) is 4.79 Å². The highest BCUT2D eigenvalue weighted by Crippen LogP contribution is 2.59. The van der Waals surface area contributed by atoms with E-state index >= 15 is 0 Å². The summed E-state index contributed by atoms with van der Waals surface area (Å²) in [5.41, 5.74) is 2.65. The van der Waals surface area contributed by atoms with Crippen molar-refractivity contribution >= 4 is 5.97 Å². The van der Waals surface area contributed by atoms with Crippen molar-refractivity contribution in [2.75, 3.05) is 0 Å². The molecule has 0 radical (unpaired) electrons. The number of carboxylic acid groups (broad SMARTS) is 1. The molecule has 0 heterocycles. The molecule has 1 aromatic rings. The Morgan fingerprint density at radius 3 is 2.93 bits per heavy atom. The van der Waals surface area contributed by atoms with Crippen LogP contribution in [0.25, 0.3) is 0 Å². The number of aliphatic carboxylic acids is 1. The van der Waals surface area contributed by atoms with E-state index in [4.69, 9.17) is 5.11 Å². The van der Waals surface area contributed by atoms with Crippen molar-refractivity contribution in [3.63, 3.8) is 0 Å². The maximum absolute atomic E-state index is 10.9. The van der Waals surface area contributed by atoms with E-state index in [1.54, 1.807) is 0 Å². The Morgan fingerprint density at radius 2 is 2.14 bits per heavy atom. The Hall–Kier alpha value is -1.31. The zero-order valence-corrected chi connectivity index (χ0v) is 7.81. The molecule has 0 amide bonds. The second-order valence-electron chi connectivity index (χ2n) is 4.29. The Bertz CT molecular complexity index is 397. The Morgan fingerprint density at radius 1 is 1.36 bits per heavy atom. The Labute approximate surface area is 82.6 Å². The van der Waals surface area contributed by atoms with Crippen molar-refractivity contribution in [3.05, 3.63) is 35.4 Å². The maximum atomic E-state index is 10.9. The molecular formula is C12H12O2. The van der Waals surface area contributed by atoms with Crippen molar-refractivity contribution in [1.29, 1.82) is 0 Å². The Balaban J connectivity index is 2.00. The van der Waals surface area contributed by atoms with Crippen LogP contribution in [0.2, 0.25) is 0 Å². The standard InChI is InChI=1S/C12H12O2/c13-12(14)11-9-6-5-7-3-1-2-4-8(7)10(9)11/h1-4,9-11H,5-6H2,(H,13,14)/t9-,10+,11?/m1/s1. The van der Waals surface area contributed by atoms with Crippen LogP contribution in [0.1, 0.15) is 23.5 Å². The van der Waals surface area contributed by atoms with Crippen LogP contribution in [0.3, 0.4) is 0 Å². The summed E-state index contributed by atoms with van der Waals surface area (Å²) < 4.78 is 0. The first-order valence-electron chi connectivity index (χ1n) is 5.09. The van der Waals surface area contributed by atoms with Gasteiger partial charge in [0.2, 0.25) is 0 Å². The molecule has 0 saturated heterocycles. The highest BCUT2D eigenvalue weighted by Gasteiger charge is 2.57. The fourth-order valence-corrected chi connectivity index (χ4v) is 2.90. The molecule has 2 heteroatoms. The van der Waals surface area contributed by atoms with Crippen LogP contribution in [-0.4, -0.2) is 11.1 Å². The molecule has 2 nitrogen and oxygen atoms in total. The fraction of sp³-hybridized carbons (Fsp3) is 0.417. The number of benzene rings is 1. The minimum atomic E-state index is -0.614. The summed E-state index contributed by atoms with van der Waals surface area (Å²) in [6.07, 6.45) is 2.11. The van der Waals surface area contributed by atoms with Gasteiger partial charge in [-0.15, -0.1) is 0 Å². The van der Waals surface area contributed by atoms with E-state index in [1.165, 1.54) is 11.1 Å². The summed E-state index contributed by atoms with van der Waals surface area (Å²) in [4.78, 5) is 10.9. The molecule has 72 valence electrons. The van der Waals surface area contributed by atoms with Crippen molar-refractivity contribution < 1.29 is 9.90 Å².